The molecule has 25 heavy (non-hydrogen) atoms. The molecule has 0 spiro atoms. The molecule has 3 unspecified atom stereocenters. The lowest BCUT2D eigenvalue weighted by Crippen LogP contribution is -2.42. The Morgan fingerprint density at radius 3 is 2.84 bits per heavy atom. The van der Waals surface area contributed by atoms with Crippen LogP contribution >= 0.6 is 0 Å². The van der Waals surface area contributed by atoms with Crippen molar-refractivity contribution >= 4 is 18.5 Å². The summed E-state index contributed by atoms with van der Waals surface area (Å²) in [6.07, 6.45) is 0.793. The van der Waals surface area contributed by atoms with Crippen molar-refractivity contribution in [1.29, 1.82) is 0 Å². The molecule has 0 radical (unpaired) electrons. The smallest absolute Gasteiger partial charge is 0.333 e. The second-order valence-corrected chi connectivity index (χ2v) is 5.38. The van der Waals surface area contributed by atoms with Crippen molar-refractivity contribution in [1.82, 2.24) is 0 Å². The van der Waals surface area contributed by atoms with Gasteiger partial charge in [0.2, 0.25) is 6.29 Å². The molecule has 0 amide bonds. The van der Waals surface area contributed by atoms with Gasteiger partial charge in [0.25, 0.3) is 6.47 Å². The largest absolute Gasteiger partial charge is 0.493 e. The number of hydrogen-bond acceptors (Lipinski definition) is 7. The van der Waals surface area contributed by atoms with Crippen LogP contribution in [-0.2, 0) is 19.1 Å². The van der Waals surface area contributed by atoms with Crippen molar-refractivity contribution in [3.05, 3.63) is 29.8 Å². The molecule has 136 valence electrons. The quantitative estimate of drug-likeness (QED) is 0.530. The van der Waals surface area contributed by atoms with Crippen molar-refractivity contribution < 1.29 is 38.7 Å². The number of aliphatic carboxylic acids is 1. The third kappa shape index (κ3) is 5.47. The summed E-state index contributed by atoms with van der Waals surface area (Å²) in [5, 5.41) is 18.8. The zero-order valence-electron chi connectivity index (χ0n) is 13.7. The topological polar surface area (TPSA) is 112 Å². The first-order valence-corrected chi connectivity index (χ1v) is 7.66. The number of methoxy groups -OCH3 is 1. The predicted molar refractivity (Wildman–Crippen MR) is 86.2 cm³/mol. The number of rotatable bonds is 8. The molecule has 1 fully saturated rings. The highest BCUT2D eigenvalue weighted by Gasteiger charge is 2.34. The SMILES string of the molecule is COc1cc(/C=C/COC=O)ccc1OC1CC(O)CC(C(=O)O)O1. The van der Waals surface area contributed by atoms with E-state index in [1.807, 2.05) is 0 Å². The first-order chi connectivity index (χ1) is 12.0. The summed E-state index contributed by atoms with van der Waals surface area (Å²) < 4.78 is 20.8. The van der Waals surface area contributed by atoms with Gasteiger partial charge >= 0.3 is 5.97 Å². The average Bonchev–Trinajstić information content (AvgIpc) is 2.59. The monoisotopic (exact) mass is 352 g/mol. The molecule has 0 aromatic heterocycles. The molecule has 0 aliphatic carbocycles. The van der Waals surface area contributed by atoms with Gasteiger partial charge in [-0.1, -0.05) is 12.1 Å². The second kappa shape index (κ2) is 9.05. The van der Waals surface area contributed by atoms with Gasteiger partial charge in [0.1, 0.15) is 6.61 Å². The Bertz CT molecular complexity index is 627. The highest BCUT2D eigenvalue weighted by Crippen LogP contribution is 2.32. The number of carboxylic acids is 1. The Morgan fingerprint density at radius 2 is 2.16 bits per heavy atom. The molecule has 2 N–H and O–H groups in total. The molecule has 1 aliphatic heterocycles. The maximum absolute atomic E-state index is 11.1. The van der Waals surface area contributed by atoms with E-state index in [9.17, 15) is 14.7 Å². The highest BCUT2D eigenvalue weighted by molar-refractivity contribution is 5.72. The normalized spacial score (nSPS) is 23.2. The van der Waals surface area contributed by atoms with Crippen LogP contribution in [0.1, 0.15) is 18.4 Å². The van der Waals surface area contributed by atoms with Crippen molar-refractivity contribution in [3.63, 3.8) is 0 Å². The fraction of sp³-hybridized carbons (Fsp3) is 0.412. The second-order valence-electron chi connectivity index (χ2n) is 5.38. The van der Waals surface area contributed by atoms with Crippen LogP contribution < -0.4 is 9.47 Å². The number of carbonyl (C=O) groups is 2. The van der Waals surface area contributed by atoms with Crippen LogP contribution in [0.2, 0.25) is 0 Å². The van der Waals surface area contributed by atoms with E-state index in [-0.39, 0.29) is 19.4 Å². The number of aliphatic hydroxyl groups excluding tert-OH is 1. The average molecular weight is 352 g/mol. The molecule has 2 rings (SSSR count). The van der Waals surface area contributed by atoms with Gasteiger partial charge < -0.3 is 29.2 Å². The van der Waals surface area contributed by atoms with Gasteiger partial charge in [-0.15, -0.1) is 0 Å². The summed E-state index contributed by atoms with van der Waals surface area (Å²) in [6.45, 7) is 0.527. The lowest BCUT2D eigenvalue weighted by atomic mass is 10.1. The molecule has 0 bridgehead atoms. The molecule has 1 aromatic rings. The Labute approximate surface area is 144 Å². The molecule has 3 atom stereocenters. The molecular formula is C17H20O8. The Morgan fingerprint density at radius 1 is 1.36 bits per heavy atom. The maximum Gasteiger partial charge on any atom is 0.333 e. The van der Waals surface area contributed by atoms with Crippen LogP contribution in [0.4, 0.5) is 0 Å². The van der Waals surface area contributed by atoms with E-state index in [1.54, 1.807) is 30.4 Å². The van der Waals surface area contributed by atoms with E-state index in [0.29, 0.717) is 18.0 Å². The lowest BCUT2D eigenvalue weighted by Gasteiger charge is -2.31. The van der Waals surface area contributed by atoms with Crippen molar-refractivity contribution in [2.75, 3.05) is 13.7 Å². The van der Waals surface area contributed by atoms with Gasteiger partial charge in [-0.2, -0.15) is 0 Å². The lowest BCUT2D eigenvalue weighted by molar-refractivity contribution is -0.195. The van der Waals surface area contributed by atoms with Crippen LogP contribution in [-0.4, -0.2) is 54.9 Å². The van der Waals surface area contributed by atoms with Gasteiger partial charge in [-0.05, 0) is 23.8 Å². The third-order valence-corrected chi connectivity index (χ3v) is 3.56. The van der Waals surface area contributed by atoms with E-state index in [4.69, 9.17) is 19.3 Å². The number of benzene rings is 1. The summed E-state index contributed by atoms with van der Waals surface area (Å²) in [5.74, 6) is -0.349. The molecule has 8 nitrogen and oxygen atoms in total. The fourth-order valence-corrected chi connectivity index (χ4v) is 2.40. The van der Waals surface area contributed by atoms with Crippen molar-refractivity contribution in [2.24, 2.45) is 0 Å². The minimum atomic E-state index is -1.14. The molecule has 1 saturated heterocycles. The maximum atomic E-state index is 11.1. The van der Waals surface area contributed by atoms with Crippen molar-refractivity contribution in [3.8, 4) is 11.5 Å². The van der Waals surface area contributed by atoms with Crippen molar-refractivity contribution in [2.45, 2.75) is 31.3 Å². The van der Waals surface area contributed by atoms with Gasteiger partial charge in [0.15, 0.2) is 17.6 Å². The fourth-order valence-electron chi connectivity index (χ4n) is 2.40. The van der Waals surface area contributed by atoms with E-state index < -0.39 is 24.5 Å². The minimum Gasteiger partial charge on any atom is -0.493 e. The molecule has 0 saturated carbocycles. The van der Waals surface area contributed by atoms with E-state index in [2.05, 4.69) is 4.74 Å². The first-order valence-electron chi connectivity index (χ1n) is 7.66. The number of aliphatic hydroxyl groups is 1. The summed E-state index contributed by atoms with van der Waals surface area (Å²) in [4.78, 5) is 21.1. The van der Waals surface area contributed by atoms with Crippen LogP contribution in [0.3, 0.4) is 0 Å². The summed E-state index contributed by atoms with van der Waals surface area (Å²) in [6, 6.07) is 5.11. The summed E-state index contributed by atoms with van der Waals surface area (Å²) in [5.41, 5.74) is 0.798. The number of carboxylic acid groups (broad SMARTS) is 1. The molecule has 1 heterocycles. The van der Waals surface area contributed by atoms with E-state index >= 15 is 0 Å². The Balaban J connectivity index is 2.07. The van der Waals surface area contributed by atoms with Gasteiger partial charge in [0.05, 0.1) is 13.2 Å². The zero-order valence-corrected chi connectivity index (χ0v) is 13.7. The Hall–Kier alpha value is -2.58. The van der Waals surface area contributed by atoms with Gasteiger partial charge in [0, 0.05) is 12.8 Å². The number of ether oxygens (including phenoxy) is 4. The Kier molecular flexibility index (Phi) is 6.79. The summed E-state index contributed by atoms with van der Waals surface area (Å²) in [7, 11) is 1.47. The minimum absolute atomic E-state index is 0.0267. The van der Waals surface area contributed by atoms with Gasteiger partial charge in [-0.25, -0.2) is 4.79 Å². The van der Waals surface area contributed by atoms with Crippen LogP contribution in [0.25, 0.3) is 6.08 Å². The highest BCUT2D eigenvalue weighted by atomic mass is 16.7. The molecule has 8 heteroatoms. The molecular weight excluding hydrogens is 332 g/mol. The number of carbonyl (C=O) groups excluding carboxylic acids is 1. The number of hydrogen-bond donors (Lipinski definition) is 2. The zero-order chi connectivity index (χ0) is 18.2. The molecule has 1 aliphatic rings. The van der Waals surface area contributed by atoms with E-state index in [1.165, 1.54) is 7.11 Å². The standard InChI is InChI=1S/C17H20O8/c1-22-14-7-11(3-2-6-23-10-18)4-5-13(14)24-16-9-12(19)8-15(25-16)17(20)21/h2-5,7,10,12,15-16,19H,6,8-9H2,1H3,(H,20,21)/b3-2+. The van der Waals surface area contributed by atoms with Crippen LogP contribution in [0.15, 0.2) is 24.3 Å². The van der Waals surface area contributed by atoms with Crippen LogP contribution in [0, 0.1) is 0 Å². The molecule has 1 aromatic carbocycles. The van der Waals surface area contributed by atoms with Crippen LogP contribution in [0.5, 0.6) is 11.5 Å². The predicted octanol–water partition coefficient (Wildman–Crippen LogP) is 1.21. The van der Waals surface area contributed by atoms with E-state index in [0.717, 1.165) is 5.56 Å². The first kappa shape index (κ1) is 18.8. The van der Waals surface area contributed by atoms with Gasteiger partial charge in [-0.3, -0.25) is 4.79 Å². The third-order valence-electron chi connectivity index (χ3n) is 3.56. The summed E-state index contributed by atoms with van der Waals surface area (Å²) >= 11 is 0.